The number of benzene rings is 2. The van der Waals surface area contributed by atoms with Gasteiger partial charge in [-0.3, -0.25) is 14.7 Å². The van der Waals surface area contributed by atoms with Gasteiger partial charge in [0.25, 0.3) is 5.91 Å². The summed E-state index contributed by atoms with van der Waals surface area (Å²) in [6.45, 7) is 1.37. The Morgan fingerprint density at radius 1 is 1.12 bits per heavy atom. The molecular formula is C25H27ClN4O4. The van der Waals surface area contributed by atoms with Crippen LogP contribution in [-0.4, -0.2) is 54.2 Å². The normalized spacial score (nSPS) is 12.7. The summed E-state index contributed by atoms with van der Waals surface area (Å²) in [5, 5.41) is 10.7. The van der Waals surface area contributed by atoms with Gasteiger partial charge in [0.15, 0.2) is 17.2 Å². The maximum atomic E-state index is 12.9. The monoisotopic (exact) mass is 482 g/mol. The van der Waals surface area contributed by atoms with Gasteiger partial charge in [0, 0.05) is 42.3 Å². The summed E-state index contributed by atoms with van der Waals surface area (Å²) >= 11 is 6.04. The van der Waals surface area contributed by atoms with Crippen LogP contribution < -0.4 is 14.8 Å². The van der Waals surface area contributed by atoms with Gasteiger partial charge >= 0.3 is 0 Å². The first-order chi connectivity index (χ1) is 16.5. The van der Waals surface area contributed by atoms with Crippen molar-refractivity contribution in [1.82, 2.24) is 20.4 Å². The molecule has 2 heterocycles. The second-order valence-electron chi connectivity index (χ2n) is 8.10. The molecular weight excluding hydrogens is 456 g/mol. The lowest BCUT2D eigenvalue weighted by molar-refractivity contribution is -0.131. The molecule has 0 spiro atoms. The zero-order valence-electron chi connectivity index (χ0n) is 19.2. The second-order valence-corrected chi connectivity index (χ2v) is 8.53. The summed E-state index contributed by atoms with van der Waals surface area (Å²) in [5.41, 5.74) is 3.89. The number of nitrogens with one attached hydrogen (secondary N) is 2. The minimum absolute atomic E-state index is 0.00562. The standard InChI is InChI=1S/C25H27ClN4O4/c1-33-21-7-6-16(13-22(21)34-2)8-10-27-25(32)24-19-15-30(11-9-20(19)28-29-24)23(31)14-17-4-3-5-18(26)12-17/h3-7,12-13H,8-11,14-15H2,1-2H3,(H,27,32)(H,28,29). The largest absolute Gasteiger partial charge is 0.493 e. The molecule has 0 radical (unpaired) electrons. The lowest BCUT2D eigenvalue weighted by Crippen LogP contribution is -2.37. The SMILES string of the molecule is COc1ccc(CCNC(=O)c2n[nH]c3c2CN(C(=O)Cc2cccc(Cl)c2)CC3)cc1OC. The van der Waals surface area contributed by atoms with Crippen LogP contribution in [0.1, 0.15) is 32.9 Å². The molecule has 0 fully saturated rings. The Hall–Kier alpha value is -3.52. The highest BCUT2D eigenvalue weighted by Crippen LogP contribution is 2.27. The molecule has 0 aliphatic carbocycles. The Balaban J connectivity index is 1.36. The number of hydrogen-bond donors (Lipinski definition) is 2. The van der Waals surface area contributed by atoms with E-state index in [-0.39, 0.29) is 18.2 Å². The van der Waals surface area contributed by atoms with E-state index < -0.39 is 0 Å². The number of nitrogens with zero attached hydrogens (tertiary/aromatic N) is 2. The molecule has 3 aromatic rings. The average molecular weight is 483 g/mol. The number of carbonyl (C=O) groups is 2. The van der Waals surface area contributed by atoms with Gasteiger partial charge in [-0.25, -0.2) is 0 Å². The van der Waals surface area contributed by atoms with Crippen molar-refractivity contribution in [2.24, 2.45) is 0 Å². The number of H-pyrrole nitrogens is 1. The number of rotatable bonds is 8. The first kappa shape index (κ1) is 23.6. The molecule has 0 saturated carbocycles. The van der Waals surface area contributed by atoms with Crippen LogP contribution in [-0.2, 0) is 30.6 Å². The summed E-state index contributed by atoms with van der Waals surface area (Å²) in [7, 11) is 3.18. The van der Waals surface area contributed by atoms with Crippen molar-refractivity contribution in [3.63, 3.8) is 0 Å². The number of halogens is 1. The number of aromatic nitrogens is 2. The van der Waals surface area contributed by atoms with Crippen molar-refractivity contribution in [3.8, 4) is 11.5 Å². The van der Waals surface area contributed by atoms with Gasteiger partial charge in [0.1, 0.15) is 0 Å². The number of amides is 2. The van der Waals surface area contributed by atoms with E-state index in [1.54, 1.807) is 31.3 Å². The van der Waals surface area contributed by atoms with Gasteiger partial charge in [0.2, 0.25) is 5.91 Å². The summed E-state index contributed by atoms with van der Waals surface area (Å²) in [6.07, 6.45) is 1.52. The van der Waals surface area contributed by atoms with Gasteiger partial charge < -0.3 is 19.7 Å². The predicted octanol–water partition coefficient (Wildman–Crippen LogP) is 3.18. The first-order valence-electron chi connectivity index (χ1n) is 11.1. The van der Waals surface area contributed by atoms with E-state index in [2.05, 4.69) is 15.5 Å². The molecule has 0 bridgehead atoms. The first-order valence-corrected chi connectivity index (χ1v) is 11.4. The molecule has 9 heteroatoms. The number of fused-ring (bicyclic) bond motifs is 1. The summed E-state index contributed by atoms with van der Waals surface area (Å²) in [4.78, 5) is 27.5. The highest BCUT2D eigenvalue weighted by Gasteiger charge is 2.27. The lowest BCUT2D eigenvalue weighted by Gasteiger charge is -2.27. The summed E-state index contributed by atoms with van der Waals surface area (Å²) in [6, 6.07) is 13.0. The van der Waals surface area contributed by atoms with Gasteiger partial charge in [-0.15, -0.1) is 0 Å². The fourth-order valence-corrected chi connectivity index (χ4v) is 4.28. The van der Waals surface area contributed by atoms with Gasteiger partial charge in [0.05, 0.1) is 20.6 Å². The minimum Gasteiger partial charge on any atom is -0.493 e. The fraction of sp³-hybridized carbons (Fsp3) is 0.320. The third-order valence-electron chi connectivity index (χ3n) is 5.89. The maximum absolute atomic E-state index is 12.9. The Labute approximate surface area is 203 Å². The number of ether oxygens (including phenoxy) is 2. The molecule has 4 rings (SSSR count). The van der Waals surface area contributed by atoms with E-state index in [1.807, 2.05) is 30.3 Å². The molecule has 2 N–H and O–H groups in total. The second kappa shape index (κ2) is 10.6. The zero-order chi connectivity index (χ0) is 24.1. The van der Waals surface area contributed by atoms with Crippen molar-refractivity contribution >= 4 is 23.4 Å². The third-order valence-corrected chi connectivity index (χ3v) is 6.13. The summed E-state index contributed by atoms with van der Waals surface area (Å²) in [5.74, 6) is 1.04. The van der Waals surface area contributed by atoms with Gasteiger partial charge in [-0.1, -0.05) is 29.8 Å². The molecule has 34 heavy (non-hydrogen) atoms. The van der Waals surface area contributed by atoms with Crippen LogP contribution in [0, 0.1) is 0 Å². The van der Waals surface area contributed by atoms with Crippen LogP contribution in [0.15, 0.2) is 42.5 Å². The molecule has 178 valence electrons. The predicted molar refractivity (Wildman–Crippen MR) is 128 cm³/mol. The van der Waals surface area contributed by atoms with Crippen LogP contribution in [0.4, 0.5) is 0 Å². The van der Waals surface area contributed by atoms with Crippen molar-refractivity contribution < 1.29 is 19.1 Å². The molecule has 1 aliphatic heterocycles. The third kappa shape index (κ3) is 5.34. The van der Waals surface area contributed by atoms with E-state index in [4.69, 9.17) is 21.1 Å². The number of methoxy groups -OCH3 is 2. The maximum Gasteiger partial charge on any atom is 0.272 e. The Kier molecular flexibility index (Phi) is 7.37. The van der Waals surface area contributed by atoms with E-state index in [1.165, 1.54) is 0 Å². The molecule has 0 atom stereocenters. The van der Waals surface area contributed by atoms with Crippen molar-refractivity contribution in [2.45, 2.75) is 25.8 Å². The van der Waals surface area contributed by atoms with E-state index in [9.17, 15) is 9.59 Å². The quantitative estimate of drug-likeness (QED) is 0.514. The van der Waals surface area contributed by atoms with Crippen molar-refractivity contribution in [3.05, 3.63) is 75.6 Å². The molecule has 2 aromatic carbocycles. The highest BCUT2D eigenvalue weighted by atomic mass is 35.5. The van der Waals surface area contributed by atoms with Crippen LogP contribution in [0.3, 0.4) is 0 Å². The van der Waals surface area contributed by atoms with E-state index in [0.29, 0.717) is 54.7 Å². The Morgan fingerprint density at radius 2 is 1.94 bits per heavy atom. The molecule has 0 unspecified atom stereocenters. The number of aromatic amines is 1. The minimum atomic E-state index is -0.262. The molecule has 1 aliphatic rings. The van der Waals surface area contributed by atoms with Gasteiger partial charge in [-0.05, 0) is 41.8 Å². The Morgan fingerprint density at radius 3 is 2.71 bits per heavy atom. The molecule has 1 aromatic heterocycles. The lowest BCUT2D eigenvalue weighted by atomic mass is 10.0. The van der Waals surface area contributed by atoms with Crippen molar-refractivity contribution in [2.75, 3.05) is 27.3 Å². The molecule has 8 nitrogen and oxygen atoms in total. The highest BCUT2D eigenvalue weighted by molar-refractivity contribution is 6.30. The average Bonchev–Trinajstić information content (AvgIpc) is 3.27. The smallest absolute Gasteiger partial charge is 0.272 e. The van der Waals surface area contributed by atoms with Gasteiger partial charge in [-0.2, -0.15) is 5.10 Å². The van der Waals surface area contributed by atoms with Crippen LogP contribution in [0.25, 0.3) is 0 Å². The fourth-order valence-electron chi connectivity index (χ4n) is 4.07. The van der Waals surface area contributed by atoms with Crippen molar-refractivity contribution in [1.29, 1.82) is 0 Å². The number of carbonyl (C=O) groups excluding carboxylic acids is 2. The van der Waals surface area contributed by atoms with E-state index in [0.717, 1.165) is 22.4 Å². The van der Waals surface area contributed by atoms with E-state index >= 15 is 0 Å². The number of hydrogen-bond acceptors (Lipinski definition) is 5. The van der Waals surface area contributed by atoms with Crippen LogP contribution >= 0.6 is 11.6 Å². The van der Waals surface area contributed by atoms with Crippen LogP contribution in [0.5, 0.6) is 11.5 Å². The molecule has 0 saturated heterocycles. The topological polar surface area (TPSA) is 96.5 Å². The summed E-state index contributed by atoms with van der Waals surface area (Å²) < 4.78 is 10.6. The Bertz CT molecular complexity index is 1190. The zero-order valence-corrected chi connectivity index (χ0v) is 19.9. The van der Waals surface area contributed by atoms with Crippen LogP contribution in [0.2, 0.25) is 5.02 Å². The molecule has 2 amide bonds.